The third-order valence-corrected chi connectivity index (χ3v) is 3.28. The van der Waals surface area contributed by atoms with Gasteiger partial charge in [-0.1, -0.05) is 17.7 Å². The average molecular weight is 246 g/mol. The molecule has 18 heavy (non-hydrogen) atoms. The van der Waals surface area contributed by atoms with Crippen LogP contribution in [0.25, 0.3) is 0 Å². The van der Waals surface area contributed by atoms with E-state index in [9.17, 15) is 9.59 Å². The van der Waals surface area contributed by atoms with E-state index in [1.165, 1.54) is 6.92 Å². The number of anilines is 1. The van der Waals surface area contributed by atoms with E-state index < -0.39 is 0 Å². The van der Waals surface area contributed by atoms with Crippen LogP contribution in [-0.4, -0.2) is 29.3 Å². The molecular weight excluding hydrogens is 228 g/mol. The van der Waals surface area contributed by atoms with Gasteiger partial charge in [-0.25, -0.2) is 0 Å². The van der Waals surface area contributed by atoms with Gasteiger partial charge in [-0.3, -0.25) is 9.59 Å². The van der Waals surface area contributed by atoms with E-state index in [-0.39, 0.29) is 17.9 Å². The lowest BCUT2D eigenvalue weighted by molar-refractivity contribution is -0.134. The molecule has 1 atom stereocenters. The minimum atomic E-state index is -0.316. The molecule has 1 saturated heterocycles. The number of likely N-dealkylation sites (tertiary alicyclic amines) is 1. The molecule has 0 aliphatic carbocycles. The Morgan fingerprint density at radius 3 is 2.56 bits per heavy atom. The molecule has 1 unspecified atom stereocenters. The van der Waals surface area contributed by atoms with Crippen molar-refractivity contribution in [3.8, 4) is 0 Å². The zero-order chi connectivity index (χ0) is 13.1. The van der Waals surface area contributed by atoms with Crippen molar-refractivity contribution in [1.29, 1.82) is 0 Å². The molecule has 1 aliphatic heterocycles. The molecule has 4 heteroatoms. The molecule has 1 aliphatic rings. The molecule has 1 aromatic carbocycles. The average Bonchev–Trinajstić information content (AvgIpc) is 2.81. The van der Waals surface area contributed by atoms with Crippen LogP contribution in [0.3, 0.4) is 0 Å². The summed E-state index contributed by atoms with van der Waals surface area (Å²) in [5.74, 6) is -0.122. The largest absolute Gasteiger partial charge is 0.331 e. The van der Waals surface area contributed by atoms with E-state index in [4.69, 9.17) is 0 Å². The van der Waals surface area contributed by atoms with Crippen LogP contribution in [0.4, 0.5) is 5.69 Å². The summed E-state index contributed by atoms with van der Waals surface area (Å²) < 4.78 is 0. The predicted molar refractivity (Wildman–Crippen MR) is 70.2 cm³/mol. The second-order valence-electron chi connectivity index (χ2n) is 4.73. The number of aryl methyl sites for hydroxylation is 1. The summed E-state index contributed by atoms with van der Waals surface area (Å²) in [6.45, 7) is 4.19. The fraction of sp³-hybridized carbons (Fsp3) is 0.429. The molecule has 2 rings (SSSR count). The van der Waals surface area contributed by atoms with Crippen LogP contribution in [0.1, 0.15) is 25.3 Å². The van der Waals surface area contributed by atoms with Gasteiger partial charge in [-0.2, -0.15) is 0 Å². The normalized spacial score (nSPS) is 18.8. The molecule has 0 aromatic heterocycles. The molecule has 1 N–H and O–H groups in total. The molecular formula is C14H18N2O2. The van der Waals surface area contributed by atoms with E-state index in [1.807, 2.05) is 31.2 Å². The highest BCUT2D eigenvalue weighted by molar-refractivity contribution is 5.97. The lowest BCUT2D eigenvalue weighted by Crippen LogP contribution is -2.42. The number of rotatable bonds is 2. The van der Waals surface area contributed by atoms with Gasteiger partial charge in [0.1, 0.15) is 6.04 Å². The lowest BCUT2D eigenvalue weighted by atomic mass is 10.2. The van der Waals surface area contributed by atoms with Crippen LogP contribution < -0.4 is 5.32 Å². The van der Waals surface area contributed by atoms with Crippen LogP contribution in [-0.2, 0) is 9.59 Å². The second-order valence-corrected chi connectivity index (χ2v) is 4.73. The number of amides is 2. The Balaban J connectivity index is 2.03. The number of hydrogen-bond acceptors (Lipinski definition) is 2. The Kier molecular flexibility index (Phi) is 3.65. The SMILES string of the molecule is CC(=O)N1CCCC1C(=O)Nc1ccc(C)cc1. The van der Waals surface area contributed by atoms with Gasteiger partial charge in [-0.05, 0) is 31.9 Å². The molecule has 1 heterocycles. The van der Waals surface area contributed by atoms with Crippen LogP contribution in [0, 0.1) is 6.92 Å². The predicted octanol–water partition coefficient (Wildman–Crippen LogP) is 1.94. The van der Waals surface area contributed by atoms with Crippen molar-refractivity contribution in [2.24, 2.45) is 0 Å². The Bertz CT molecular complexity index is 453. The maximum Gasteiger partial charge on any atom is 0.247 e. The first-order valence-electron chi connectivity index (χ1n) is 6.22. The highest BCUT2D eigenvalue weighted by atomic mass is 16.2. The fourth-order valence-corrected chi connectivity index (χ4v) is 2.28. The van der Waals surface area contributed by atoms with Crippen LogP contribution in [0.2, 0.25) is 0 Å². The zero-order valence-corrected chi connectivity index (χ0v) is 10.8. The summed E-state index contributed by atoms with van der Waals surface area (Å²) in [6, 6.07) is 7.34. The molecule has 2 amide bonds. The fourth-order valence-electron chi connectivity index (χ4n) is 2.28. The summed E-state index contributed by atoms with van der Waals surface area (Å²) in [7, 11) is 0. The molecule has 96 valence electrons. The third kappa shape index (κ3) is 2.70. The third-order valence-electron chi connectivity index (χ3n) is 3.28. The summed E-state index contributed by atoms with van der Waals surface area (Å²) in [5, 5.41) is 2.86. The Morgan fingerprint density at radius 1 is 1.28 bits per heavy atom. The summed E-state index contributed by atoms with van der Waals surface area (Å²) >= 11 is 0. The number of nitrogens with one attached hydrogen (secondary N) is 1. The maximum atomic E-state index is 12.1. The minimum absolute atomic E-state index is 0.0310. The van der Waals surface area contributed by atoms with Crippen molar-refractivity contribution in [2.75, 3.05) is 11.9 Å². The summed E-state index contributed by atoms with van der Waals surface area (Å²) in [6.07, 6.45) is 1.64. The molecule has 0 saturated carbocycles. The van der Waals surface area contributed by atoms with Crippen LogP contribution in [0.15, 0.2) is 24.3 Å². The van der Waals surface area contributed by atoms with Gasteiger partial charge in [0.2, 0.25) is 11.8 Å². The van der Waals surface area contributed by atoms with E-state index in [2.05, 4.69) is 5.32 Å². The van der Waals surface area contributed by atoms with Gasteiger partial charge in [-0.15, -0.1) is 0 Å². The van der Waals surface area contributed by atoms with Crippen LogP contribution >= 0.6 is 0 Å². The van der Waals surface area contributed by atoms with E-state index in [0.29, 0.717) is 6.54 Å². The molecule has 1 fully saturated rings. The molecule has 0 bridgehead atoms. The van der Waals surface area contributed by atoms with Gasteiger partial charge < -0.3 is 10.2 Å². The first-order chi connectivity index (χ1) is 8.58. The van der Waals surface area contributed by atoms with Gasteiger partial charge in [0.25, 0.3) is 0 Å². The smallest absolute Gasteiger partial charge is 0.247 e. The lowest BCUT2D eigenvalue weighted by Gasteiger charge is -2.22. The number of carbonyl (C=O) groups is 2. The Morgan fingerprint density at radius 2 is 1.94 bits per heavy atom. The maximum absolute atomic E-state index is 12.1. The monoisotopic (exact) mass is 246 g/mol. The molecule has 0 radical (unpaired) electrons. The number of nitrogens with zero attached hydrogens (tertiary/aromatic N) is 1. The second kappa shape index (κ2) is 5.21. The summed E-state index contributed by atoms with van der Waals surface area (Å²) in [4.78, 5) is 25.2. The first-order valence-corrected chi connectivity index (χ1v) is 6.22. The molecule has 4 nitrogen and oxygen atoms in total. The quantitative estimate of drug-likeness (QED) is 0.867. The number of carbonyl (C=O) groups excluding carboxylic acids is 2. The number of hydrogen-bond donors (Lipinski definition) is 1. The van der Waals surface area contributed by atoms with Crippen molar-refractivity contribution < 1.29 is 9.59 Å². The summed E-state index contributed by atoms with van der Waals surface area (Å²) in [5.41, 5.74) is 1.93. The van der Waals surface area contributed by atoms with Crippen molar-refractivity contribution in [1.82, 2.24) is 4.90 Å². The van der Waals surface area contributed by atoms with E-state index in [1.54, 1.807) is 4.90 Å². The van der Waals surface area contributed by atoms with E-state index >= 15 is 0 Å². The number of benzene rings is 1. The van der Waals surface area contributed by atoms with Gasteiger partial charge >= 0.3 is 0 Å². The van der Waals surface area contributed by atoms with Crippen molar-refractivity contribution in [2.45, 2.75) is 32.7 Å². The van der Waals surface area contributed by atoms with Gasteiger partial charge in [0.05, 0.1) is 0 Å². The Hall–Kier alpha value is -1.84. The highest BCUT2D eigenvalue weighted by Crippen LogP contribution is 2.19. The standard InChI is InChI=1S/C14H18N2O2/c1-10-5-7-12(8-6-10)15-14(18)13-4-3-9-16(13)11(2)17/h5-8,13H,3-4,9H2,1-2H3,(H,15,18). The zero-order valence-electron chi connectivity index (χ0n) is 10.8. The molecule has 0 spiro atoms. The topological polar surface area (TPSA) is 49.4 Å². The highest BCUT2D eigenvalue weighted by Gasteiger charge is 2.32. The van der Waals surface area contributed by atoms with Gasteiger partial charge in [0, 0.05) is 19.2 Å². The first kappa shape index (κ1) is 12.6. The molecule has 1 aromatic rings. The minimum Gasteiger partial charge on any atom is -0.331 e. The van der Waals surface area contributed by atoms with Crippen molar-refractivity contribution >= 4 is 17.5 Å². The van der Waals surface area contributed by atoms with Gasteiger partial charge in [0.15, 0.2) is 0 Å². The van der Waals surface area contributed by atoms with Crippen LogP contribution in [0.5, 0.6) is 0 Å². The van der Waals surface area contributed by atoms with Crippen molar-refractivity contribution in [3.05, 3.63) is 29.8 Å². The Labute approximate surface area is 107 Å². The van der Waals surface area contributed by atoms with Crippen molar-refractivity contribution in [3.63, 3.8) is 0 Å². The van der Waals surface area contributed by atoms with E-state index in [0.717, 1.165) is 24.1 Å².